The Kier molecular flexibility index (Phi) is 6.77. The lowest BCUT2D eigenvalue weighted by Crippen LogP contribution is -2.30. The van der Waals surface area contributed by atoms with Gasteiger partial charge in [0.05, 0.1) is 7.11 Å². The molecule has 1 amide bonds. The van der Waals surface area contributed by atoms with Gasteiger partial charge in [0, 0.05) is 17.7 Å². The van der Waals surface area contributed by atoms with Crippen LogP contribution in [0, 0.1) is 0 Å². The number of nitrogens with one attached hydrogen (secondary N) is 1. The third kappa shape index (κ3) is 5.31. The first-order chi connectivity index (χ1) is 15.7. The molecule has 1 heterocycles. The van der Waals surface area contributed by atoms with Crippen LogP contribution < -0.4 is 14.8 Å². The highest BCUT2D eigenvalue weighted by Gasteiger charge is 2.14. The highest BCUT2D eigenvalue weighted by Crippen LogP contribution is 2.32. The predicted molar refractivity (Wildman–Crippen MR) is 120 cm³/mol. The Labute approximate surface area is 186 Å². The Morgan fingerprint density at radius 1 is 0.938 bits per heavy atom. The Bertz CT molecular complexity index is 1160. The van der Waals surface area contributed by atoms with Crippen LogP contribution in [0.15, 0.2) is 83.4 Å². The van der Waals surface area contributed by atoms with Crippen LogP contribution >= 0.6 is 0 Å². The molecule has 0 fully saturated rings. The summed E-state index contributed by atoms with van der Waals surface area (Å²) in [6.45, 7) is 0.439. The Morgan fingerprint density at radius 3 is 2.44 bits per heavy atom. The fourth-order valence-corrected chi connectivity index (χ4v) is 3.15. The van der Waals surface area contributed by atoms with Crippen LogP contribution in [0.4, 0.5) is 0 Å². The molecule has 4 aromatic rings. The second-order valence-corrected chi connectivity index (χ2v) is 7.03. The third-order valence-electron chi connectivity index (χ3n) is 4.81. The summed E-state index contributed by atoms with van der Waals surface area (Å²) in [7, 11) is 1.54. The minimum atomic E-state index is -0.197. The maximum atomic E-state index is 12.1. The van der Waals surface area contributed by atoms with Gasteiger partial charge in [0.25, 0.3) is 11.8 Å². The van der Waals surface area contributed by atoms with Crippen molar-refractivity contribution in [2.75, 3.05) is 20.3 Å². The molecule has 0 saturated carbocycles. The number of nitrogens with zero attached hydrogens (tertiary/aromatic N) is 2. The van der Waals surface area contributed by atoms with Crippen molar-refractivity contribution in [2.24, 2.45) is 0 Å². The van der Waals surface area contributed by atoms with E-state index in [-0.39, 0.29) is 12.5 Å². The van der Waals surface area contributed by atoms with E-state index in [0.29, 0.717) is 35.3 Å². The summed E-state index contributed by atoms with van der Waals surface area (Å²) in [6, 6.07) is 24.8. The Hall–Kier alpha value is -4.13. The summed E-state index contributed by atoms with van der Waals surface area (Å²) in [5.74, 6) is 1.61. The van der Waals surface area contributed by atoms with Gasteiger partial charge < -0.3 is 19.3 Å². The summed E-state index contributed by atoms with van der Waals surface area (Å²) in [4.78, 5) is 16.6. The molecule has 7 nitrogen and oxygen atoms in total. The number of carbonyl (C=O) groups excluding carboxylic acids is 1. The average molecular weight is 429 g/mol. The molecule has 0 aliphatic carbocycles. The van der Waals surface area contributed by atoms with Crippen LogP contribution in [0.25, 0.3) is 22.8 Å². The number of rotatable bonds is 9. The minimum absolute atomic E-state index is 0.106. The normalized spacial score (nSPS) is 10.5. The largest absolute Gasteiger partial charge is 0.493 e. The van der Waals surface area contributed by atoms with Crippen LogP contribution in [0.1, 0.15) is 5.56 Å². The molecule has 7 heteroatoms. The number of benzene rings is 3. The number of aromatic nitrogens is 2. The van der Waals surface area contributed by atoms with Gasteiger partial charge in [-0.25, -0.2) is 0 Å². The molecular formula is C25H23N3O4. The molecule has 0 atom stereocenters. The summed E-state index contributed by atoms with van der Waals surface area (Å²) in [5, 5.41) is 6.91. The van der Waals surface area contributed by atoms with Gasteiger partial charge in [-0.05, 0) is 42.3 Å². The van der Waals surface area contributed by atoms with Gasteiger partial charge in [0.15, 0.2) is 18.1 Å². The molecule has 0 aliphatic heterocycles. The van der Waals surface area contributed by atoms with E-state index in [2.05, 4.69) is 15.5 Å². The molecule has 1 N–H and O–H groups in total. The second-order valence-electron chi connectivity index (χ2n) is 7.03. The second kappa shape index (κ2) is 10.3. The number of ether oxygens (including phenoxy) is 2. The smallest absolute Gasteiger partial charge is 0.258 e. The highest BCUT2D eigenvalue weighted by atomic mass is 16.5. The number of amides is 1. The van der Waals surface area contributed by atoms with Crippen molar-refractivity contribution in [3.63, 3.8) is 0 Å². The van der Waals surface area contributed by atoms with Gasteiger partial charge in [-0.1, -0.05) is 53.7 Å². The molecule has 0 radical (unpaired) electrons. The zero-order valence-corrected chi connectivity index (χ0v) is 17.7. The molecule has 0 saturated heterocycles. The van der Waals surface area contributed by atoms with Crippen LogP contribution in [0.2, 0.25) is 0 Å². The predicted octanol–water partition coefficient (Wildman–Crippen LogP) is 4.15. The first-order valence-corrected chi connectivity index (χ1v) is 10.2. The third-order valence-corrected chi connectivity index (χ3v) is 4.81. The zero-order chi connectivity index (χ0) is 22.2. The average Bonchev–Trinajstić information content (AvgIpc) is 3.34. The summed E-state index contributed by atoms with van der Waals surface area (Å²) >= 11 is 0. The molecule has 162 valence electrons. The summed E-state index contributed by atoms with van der Waals surface area (Å²) in [6.07, 6.45) is 0.764. The quantitative estimate of drug-likeness (QED) is 0.430. The molecule has 32 heavy (non-hydrogen) atoms. The van der Waals surface area contributed by atoms with E-state index in [4.69, 9.17) is 14.0 Å². The van der Waals surface area contributed by atoms with E-state index in [1.54, 1.807) is 18.2 Å². The first-order valence-electron chi connectivity index (χ1n) is 10.2. The van der Waals surface area contributed by atoms with Gasteiger partial charge in [0.2, 0.25) is 5.82 Å². The lowest BCUT2D eigenvalue weighted by atomic mass is 10.1. The molecule has 3 aromatic carbocycles. The fourth-order valence-electron chi connectivity index (χ4n) is 3.15. The van der Waals surface area contributed by atoms with Crippen LogP contribution in [-0.2, 0) is 11.2 Å². The molecule has 0 bridgehead atoms. The monoisotopic (exact) mass is 429 g/mol. The van der Waals surface area contributed by atoms with Crippen LogP contribution in [0.5, 0.6) is 11.5 Å². The molecular weight excluding hydrogens is 406 g/mol. The zero-order valence-electron chi connectivity index (χ0n) is 17.7. The lowest BCUT2D eigenvalue weighted by Gasteiger charge is -2.11. The maximum absolute atomic E-state index is 12.1. The lowest BCUT2D eigenvalue weighted by molar-refractivity contribution is -0.123. The molecule has 1 aromatic heterocycles. The first kappa shape index (κ1) is 21.1. The van der Waals surface area contributed by atoms with Crippen molar-refractivity contribution in [1.29, 1.82) is 0 Å². The molecule has 0 aliphatic rings. The van der Waals surface area contributed by atoms with E-state index >= 15 is 0 Å². The Morgan fingerprint density at radius 2 is 1.69 bits per heavy atom. The van der Waals surface area contributed by atoms with Crippen molar-refractivity contribution in [3.8, 4) is 34.3 Å². The van der Waals surface area contributed by atoms with Crippen molar-refractivity contribution in [1.82, 2.24) is 15.5 Å². The highest BCUT2D eigenvalue weighted by molar-refractivity contribution is 5.77. The molecule has 0 spiro atoms. The topological polar surface area (TPSA) is 86.5 Å². The van der Waals surface area contributed by atoms with Gasteiger partial charge in [-0.3, -0.25) is 4.79 Å². The number of methoxy groups -OCH3 is 1. The number of hydrogen-bond donors (Lipinski definition) is 1. The fraction of sp³-hybridized carbons (Fsp3) is 0.160. The standard InChI is InChI=1S/C25H23N3O4/c1-30-22-16-20(24-27-25(32-28-24)19-10-6-3-7-11-19)12-13-21(22)31-17-23(29)26-15-14-18-8-4-2-5-9-18/h2-13,16H,14-15,17H2,1H3,(H,26,29). The molecule has 4 rings (SSSR count). The maximum Gasteiger partial charge on any atom is 0.258 e. The van der Waals surface area contributed by atoms with Crippen molar-refractivity contribution in [2.45, 2.75) is 6.42 Å². The van der Waals surface area contributed by atoms with Gasteiger partial charge in [-0.15, -0.1) is 0 Å². The summed E-state index contributed by atoms with van der Waals surface area (Å²) < 4.78 is 16.5. The van der Waals surface area contributed by atoms with Gasteiger partial charge >= 0.3 is 0 Å². The van der Waals surface area contributed by atoms with Gasteiger partial charge in [0.1, 0.15) is 0 Å². The Balaban J connectivity index is 1.35. The SMILES string of the molecule is COc1cc(-c2noc(-c3ccccc3)n2)ccc1OCC(=O)NCCc1ccccc1. The van der Waals surface area contributed by atoms with Crippen LogP contribution in [-0.4, -0.2) is 36.3 Å². The van der Waals surface area contributed by atoms with Gasteiger partial charge in [-0.2, -0.15) is 4.98 Å². The van der Waals surface area contributed by atoms with E-state index in [9.17, 15) is 4.79 Å². The minimum Gasteiger partial charge on any atom is -0.493 e. The van der Waals surface area contributed by atoms with E-state index in [1.165, 1.54) is 12.7 Å². The van der Waals surface area contributed by atoms with Crippen LogP contribution in [0.3, 0.4) is 0 Å². The van der Waals surface area contributed by atoms with E-state index < -0.39 is 0 Å². The van der Waals surface area contributed by atoms with E-state index in [1.807, 2.05) is 60.7 Å². The number of hydrogen-bond acceptors (Lipinski definition) is 6. The van der Waals surface area contributed by atoms with Crippen molar-refractivity contribution < 1.29 is 18.8 Å². The number of carbonyl (C=O) groups is 1. The van der Waals surface area contributed by atoms with Crippen molar-refractivity contribution >= 4 is 5.91 Å². The summed E-state index contributed by atoms with van der Waals surface area (Å²) in [5.41, 5.74) is 2.73. The molecule has 0 unspecified atom stereocenters. The van der Waals surface area contributed by atoms with Crippen molar-refractivity contribution in [3.05, 3.63) is 84.4 Å². The van der Waals surface area contributed by atoms with E-state index in [0.717, 1.165) is 12.0 Å².